The van der Waals surface area contributed by atoms with Crippen LogP contribution in [0, 0.1) is 0 Å². The van der Waals surface area contributed by atoms with E-state index in [2.05, 4.69) is 10.4 Å². The Kier molecular flexibility index (Phi) is 6.37. The molecule has 0 atom stereocenters. The van der Waals surface area contributed by atoms with E-state index in [0.29, 0.717) is 46.9 Å². The number of benzene rings is 3. The van der Waals surface area contributed by atoms with Gasteiger partial charge in [-0.15, -0.1) is 0 Å². The van der Waals surface area contributed by atoms with Crippen LogP contribution < -0.4 is 5.32 Å². The Morgan fingerprint density at radius 3 is 2.25 bits per heavy atom. The molecule has 0 bridgehead atoms. The van der Waals surface area contributed by atoms with Gasteiger partial charge in [-0.05, 0) is 36.2 Å². The van der Waals surface area contributed by atoms with Crippen molar-refractivity contribution in [2.24, 2.45) is 0 Å². The van der Waals surface area contributed by atoms with Gasteiger partial charge in [0.2, 0.25) is 0 Å². The van der Waals surface area contributed by atoms with Crippen molar-refractivity contribution in [3.63, 3.8) is 0 Å². The molecule has 1 amide bonds. The van der Waals surface area contributed by atoms with Crippen molar-refractivity contribution in [1.82, 2.24) is 19.3 Å². The average molecular weight is 482 g/mol. The van der Waals surface area contributed by atoms with E-state index < -0.39 is 5.60 Å². The first-order chi connectivity index (χ1) is 17.5. The number of hydrogen-bond acceptors (Lipinski definition) is 5. The molecule has 0 fully saturated rings. The van der Waals surface area contributed by atoms with Gasteiger partial charge >= 0.3 is 0 Å². The fourth-order valence-corrected chi connectivity index (χ4v) is 4.49. The lowest BCUT2D eigenvalue weighted by atomic mass is 9.85. The molecule has 0 aliphatic rings. The molecule has 3 N–H and O–H groups in total. The van der Waals surface area contributed by atoms with Crippen LogP contribution in [0.2, 0.25) is 0 Å². The van der Waals surface area contributed by atoms with Crippen LogP contribution >= 0.6 is 0 Å². The summed E-state index contributed by atoms with van der Waals surface area (Å²) in [6.45, 7) is 2.85. The van der Waals surface area contributed by atoms with E-state index in [4.69, 9.17) is 10.1 Å². The first-order valence-electron chi connectivity index (χ1n) is 11.8. The highest BCUT2D eigenvalue weighted by Crippen LogP contribution is 2.37. The average Bonchev–Trinajstić information content (AvgIpc) is 3.53. The minimum absolute atomic E-state index is 0.0343. The quantitative estimate of drug-likeness (QED) is 0.313. The Bertz CT molecular complexity index is 1450. The zero-order valence-electron chi connectivity index (χ0n) is 19.9. The molecule has 0 saturated heterocycles. The molecule has 2 heterocycles. The number of imidazole rings is 1. The molecule has 5 rings (SSSR count). The maximum atomic E-state index is 13.0. The predicted octanol–water partition coefficient (Wildman–Crippen LogP) is 3.78. The lowest BCUT2D eigenvalue weighted by Gasteiger charge is -2.29. The van der Waals surface area contributed by atoms with Crippen LogP contribution in [0.15, 0.2) is 91.1 Å². The Hall–Kier alpha value is -4.27. The van der Waals surface area contributed by atoms with Gasteiger partial charge in [0, 0.05) is 24.4 Å². The van der Waals surface area contributed by atoms with Gasteiger partial charge in [0.15, 0.2) is 17.2 Å². The van der Waals surface area contributed by atoms with Crippen LogP contribution in [0.1, 0.15) is 34.2 Å². The second-order valence-corrected chi connectivity index (χ2v) is 8.47. The van der Waals surface area contributed by atoms with Gasteiger partial charge in [-0.3, -0.25) is 9.48 Å². The summed E-state index contributed by atoms with van der Waals surface area (Å²) in [5, 5.41) is 28.4. The number of aliphatic hydroxyl groups is 2. The minimum Gasteiger partial charge on any atom is -0.394 e. The number of fused-ring (bicyclic) bond motifs is 1. The summed E-state index contributed by atoms with van der Waals surface area (Å²) in [7, 11) is 0. The van der Waals surface area contributed by atoms with Gasteiger partial charge in [0.1, 0.15) is 0 Å². The Morgan fingerprint density at radius 1 is 0.972 bits per heavy atom. The van der Waals surface area contributed by atoms with Crippen molar-refractivity contribution in [1.29, 1.82) is 0 Å². The Labute approximate surface area is 208 Å². The third kappa shape index (κ3) is 4.17. The zero-order valence-corrected chi connectivity index (χ0v) is 19.9. The zero-order chi connectivity index (χ0) is 25.1. The molecular formula is C28H27N5O3. The number of carbonyl (C=O) groups is 1. The molecule has 5 aromatic rings. The highest BCUT2D eigenvalue weighted by molar-refractivity contribution is 6.05. The van der Waals surface area contributed by atoms with E-state index in [1.165, 1.54) is 0 Å². The van der Waals surface area contributed by atoms with Crippen molar-refractivity contribution in [2.45, 2.75) is 25.6 Å². The third-order valence-corrected chi connectivity index (χ3v) is 6.24. The van der Waals surface area contributed by atoms with Crippen LogP contribution in [0.3, 0.4) is 0 Å². The van der Waals surface area contributed by atoms with Crippen LogP contribution in [0.25, 0.3) is 11.0 Å². The van der Waals surface area contributed by atoms with Crippen molar-refractivity contribution in [3.8, 4) is 0 Å². The standard InChI is InChI=1S/C28H27N5O3/c1-2-33-24-19-20(26(35)30-25-15-16-32(31-25)17-18-34)13-14-23(24)29-27(33)28(36,21-9-5-3-6-10-21)22-11-7-4-8-12-22/h3-16,19,34,36H,2,17-18H2,1H3,(H,30,31,35). The van der Waals surface area contributed by atoms with Crippen molar-refractivity contribution in [2.75, 3.05) is 11.9 Å². The van der Waals surface area contributed by atoms with Crippen LogP contribution in [0.4, 0.5) is 5.82 Å². The smallest absolute Gasteiger partial charge is 0.256 e. The molecular weight excluding hydrogens is 454 g/mol. The highest BCUT2D eigenvalue weighted by Gasteiger charge is 2.38. The van der Waals surface area contributed by atoms with Gasteiger partial charge in [-0.1, -0.05) is 60.7 Å². The molecule has 0 saturated carbocycles. The largest absolute Gasteiger partial charge is 0.394 e. The fourth-order valence-electron chi connectivity index (χ4n) is 4.49. The molecule has 0 aliphatic heterocycles. The topological polar surface area (TPSA) is 105 Å². The molecule has 0 radical (unpaired) electrons. The molecule has 8 heteroatoms. The molecule has 0 spiro atoms. The van der Waals surface area contributed by atoms with E-state index in [1.54, 1.807) is 35.1 Å². The van der Waals surface area contributed by atoms with Gasteiger partial charge in [0.25, 0.3) is 5.91 Å². The van der Waals surface area contributed by atoms with Crippen molar-refractivity contribution >= 4 is 22.8 Å². The Balaban J connectivity index is 1.58. The molecule has 8 nitrogen and oxygen atoms in total. The summed E-state index contributed by atoms with van der Waals surface area (Å²) in [6.07, 6.45) is 1.70. The van der Waals surface area contributed by atoms with E-state index in [-0.39, 0.29) is 12.5 Å². The first-order valence-corrected chi connectivity index (χ1v) is 11.8. The number of amides is 1. The minimum atomic E-state index is -1.49. The number of nitrogens with one attached hydrogen (secondary N) is 1. The number of rotatable bonds is 8. The maximum Gasteiger partial charge on any atom is 0.256 e. The molecule has 36 heavy (non-hydrogen) atoms. The van der Waals surface area contributed by atoms with Crippen LogP contribution in [-0.4, -0.2) is 42.1 Å². The van der Waals surface area contributed by atoms with E-state index in [1.807, 2.05) is 72.2 Å². The van der Waals surface area contributed by atoms with Crippen molar-refractivity contribution < 1.29 is 15.0 Å². The van der Waals surface area contributed by atoms with E-state index >= 15 is 0 Å². The predicted molar refractivity (Wildman–Crippen MR) is 138 cm³/mol. The van der Waals surface area contributed by atoms with Gasteiger partial charge < -0.3 is 20.1 Å². The summed E-state index contributed by atoms with van der Waals surface area (Å²) < 4.78 is 3.51. The van der Waals surface area contributed by atoms with Gasteiger partial charge in [-0.25, -0.2) is 4.98 Å². The summed E-state index contributed by atoms with van der Waals surface area (Å²) in [5.74, 6) is 0.580. The number of aromatic nitrogens is 4. The fraction of sp³-hybridized carbons (Fsp3) is 0.179. The summed E-state index contributed by atoms with van der Waals surface area (Å²) in [6, 6.07) is 25.9. The molecule has 0 aliphatic carbocycles. The summed E-state index contributed by atoms with van der Waals surface area (Å²) >= 11 is 0. The number of aliphatic hydroxyl groups excluding tert-OH is 1. The molecule has 182 valence electrons. The lowest BCUT2D eigenvalue weighted by molar-refractivity contribution is 0.102. The number of nitrogens with zero attached hydrogens (tertiary/aromatic N) is 4. The number of carbonyl (C=O) groups excluding carboxylic acids is 1. The maximum absolute atomic E-state index is 13.0. The van der Waals surface area contributed by atoms with E-state index in [0.717, 1.165) is 5.52 Å². The lowest BCUT2D eigenvalue weighted by Crippen LogP contribution is -2.32. The first kappa shape index (κ1) is 23.5. The van der Waals surface area contributed by atoms with Gasteiger partial charge in [-0.2, -0.15) is 5.10 Å². The number of aryl methyl sites for hydroxylation is 1. The molecule has 3 aromatic carbocycles. The second kappa shape index (κ2) is 9.77. The molecule has 0 unspecified atom stereocenters. The van der Waals surface area contributed by atoms with Crippen molar-refractivity contribution in [3.05, 3.63) is 114 Å². The highest BCUT2D eigenvalue weighted by atomic mass is 16.3. The van der Waals surface area contributed by atoms with Crippen LogP contribution in [-0.2, 0) is 18.7 Å². The Morgan fingerprint density at radius 2 is 1.64 bits per heavy atom. The summed E-state index contributed by atoms with van der Waals surface area (Å²) in [5.41, 5.74) is 1.80. The number of anilines is 1. The van der Waals surface area contributed by atoms with E-state index in [9.17, 15) is 9.90 Å². The van der Waals surface area contributed by atoms with Crippen LogP contribution in [0.5, 0.6) is 0 Å². The second-order valence-electron chi connectivity index (χ2n) is 8.47. The van der Waals surface area contributed by atoms with Gasteiger partial charge in [0.05, 0.1) is 24.2 Å². The summed E-state index contributed by atoms with van der Waals surface area (Å²) in [4.78, 5) is 17.8. The normalized spacial score (nSPS) is 11.6. The molecule has 2 aromatic heterocycles. The SMILES string of the molecule is CCn1c(C(O)(c2ccccc2)c2ccccc2)nc2ccc(C(=O)Nc3ccn(CCO)n3)cc21. The third-order valence-electron chi connectivity index (χ3n) is 6.24. The monoisotopic (exact) mass is 481 g/mol. The number of hydrogen-bond donors (Lipinski definition) is 3.